The second-order valence-electron chi connectivity index (χ2n) is 7.41. The van der Waals surface area contributed by atoms with Crippen molar-refractivity contribution in [2.45, 2.75) is 29.4 Å². The fraction of sp³-hybridized carbons (Fsp3) is 0.286. The number of anilines is 1. The molecule has 3 aromatic rings. The summed E-state index contributed by atoms with van der Waals surface area (Å²) in [5.74, 6) is 0. The van der Waals surface area contributed by atoms with Gasteiger partial charge < -0.3 is 4.90 Å². The van der Waals surface area contributed by atoms with Crippen LogP contribution in [0.2, 0.25) is 5.02 Å². The van der Waals surface area contributed by atoms with E-state index in [0.29, 0.717) is 31.0 Å². The first kappa shape index (κ1) is 21.7. The van der Waals surface area contributed by atoms with Crippen molar-refractivity contribution in [3.63, 3.8) is 0 Å². The Morgan fingerprint density at radius 2 is 1.74 bits per heavy atom. The van der Waals surface area contributed by atoms with Crippen LogP contribution >= 0.6 is 22.9 Å². The summed E-state index contributed by atoms with van der Waals surface area (Å²) in [6.45, 7) is 1.20. The van der Waals surface area contributed by atoms with Gasteiger partial charge in [-0.3, -0.25) is 10.1 Å². The molecule has 0 aliphatic carbocycles. The second kappa shape index (κ2) is 8.94. The Labute approximate surface area is 189 Å². The second-order valence-corrected chi connectivity index (χ2v) is 10.9. The van der Waals surface area contributed by atoms with Crippen LogP contribution in [0.5, 0.6) is 0 Å². The van der Waals surface area contributed by atoms with Gasteiger partial charge in [-0.1, -0.05) is 23.7 Å². The first-order valence-corrected chi connectivity index (χ1v) is 12.6. The zero-order valence-corrected chi connectivity index (χ0v) is 18.9. The van der Waals surface area contributed by atoms with Crippen LogP contribution in [0.3, 0.4) is 0 Å². The molecule has 31 heavy (non-hydrogen) atoms. The maximum Gasteiger partial charge on any atom is 0.269 e. The molecule has 0 bridgehead atoms. The highest BCUT2D eigenvalue weighted by molar-refractivity contribution is 7.92. The maximum atomic E-state index is 12.9. The summed E-state index contributed by atoms with van der Waals surface area (Å²) in [6, 6.07) is 12.8. The van der Waals surface area contributed by atoms with E-state index in [1.807, 2.05) is 29.6 Å². The molecule has 0 spiro atoms. The Balaban J connectivity index is 1.38. The number of hydrogen-bond donors (Lipinski definition) is 0. The fourth-order valence-electron chi connectivity index (χ4n) is 3.64. The number of hydrogen-bond acceptors (Lipinski definition) is 7. The minimum absolute atomic E-state index is 0.119. The zero-order chi connectivity index (χ0) is 22.0. The Hall–Kier alpha value is -2.49. The molecular formula is C21H20ClN3O4S2. The third-order valence-corrected chi connectivity index (χ3v) is 8.85. The van der Waals surface area contributed by atoms with Gasteiger partial charge in [0.25, 0.3) is 5.69 Å². The van der Waals surface area contributed by atoms with Crippen molar-refractivity contribution in [3.05, 3.63) is 80.3 Å². The molecule has 0 saturated carbocycles. The van der Waals surface area contributed by atoms with Crippen LogP contribution in [0, 0.1) is 10.1 Å². The number of non-ortho nitro benzene ring substituents is 1. The summed E-state index contributed by atoms with van der Waals surface area (Å²) in [7, 11) is -3.53. The predicted molar refractivity (Wildman–Crippen MR) is 122 cm³/mol. The fourth-order valence-corrected chi connectivity index (χ4v) is 6.38. The first-order chi connectivity index (χ1) is 14.8. The van der Waals surface area contributed by atoms with Gasteiger partial charge in [0.15, 0.2) is 15.0 Å². The Kier molecular flexibility index (Phi) is 6.27. The summed E-state index contributed by atoms with van der Waals surface area (Å²) in [5.41, 5.74) is 1.99. The Morgan fingerprint density at radius 3 is 2.35 bits per heavy atom. The molecular weight excluding hydrogens is 458 g/mol. The molecule has 0 N–H and O–H groups in total. The standard InChI is InChI=1S/C21H20ClN3O4S2/c22-16-3-1-15(2-4-16)13-17-14-30-21(23-17)24-11-9-20(10-12-24)31(28,29)19-7-5-18(6-8-19)25(26)27/h1-8,14,20H,9-13H2. The average Bonchev–Trinajstić information content (AvgIpc) is 3.24. The number of nitro benzene ring substituents is 1. The van der Waals surface area contributed by atoms with Crippen LogP contribution in [0.25, 0.3) is 0 Å². The molecule has 1 aliphatic rings. The minimum atomic E-state index is -3.53. The van der Waals surface area contributed by atoms with Crippen LogP contribution in [0.15, 0.2) is 58.8 Å². The quantitative estimate of drug-likeness (QED) is 0.376. The molecule has 162 valence electrons. The highest BCUT2D eigenvalue weighted by atomic mass is 35.5. The molecule has 1 saturated heterocycles. The normalized spacial score (nSPS) is 15.2. The number of piperidine rings is 1. The van der Waals surface area contributed by atoms with Gasteiger partial charge in [-0.05, 0) is 42.7 Å². The molecule has 0 radical (unpaired) electrons. The molecule has 1 aromatic heterocycles. The summed E-state index contributed by atoms with van der Waals surface area (Å²) >= 11 is 7.50. The summed E-state index contributed by atoms with van der Waals surface area (Å²) in [6.07, 6.45) is 1.70. The molecule has 1 fully saturated rings. The van der Waals surface area contributed by atoms with E-state index in [-0.39, 0.29) is 10.6 Å². The summed E-state index contributed by atoms with van der Waals surface area (Å²) < 4.78 is 25.9. The van der Waals surface area contributed by atoms with Crippen molar-refractivity contribution in [3.8, 4) is 0 Å². The monoisotopic (exact) mass is 477 g/mol. The highest BCUT2D eigenvalue weighted by Gasteiger charge is 2.32. The number of thiazole rings is 1. The minimum Gasteiger partial charge on any atom is -0.348 e. The lowest BCUT2D eigenvalue weighted by Gasteiger charge is -2.31. The lowest BCUT2D eigenvalue weighted by molar-refractivity contribution is -0.384. The van der Waals surface area contributed by atoms with E-state index in [9.17, 15) is 18.5 Å². The van der Waals surface area contributed by atoms with Crippen molar-refractivity contribution < 1.29 is 13.3 Å². The third kappa shape index (κ3) is 4.89. The van der Waals surface area contributed by atoms with Crippen LogP contribution < -0.4 is 4.90 Å². The predicted octanol–water partition coefficient (Wildman–Crippen LogP) is 4.74. The average molecular weight is 478 g/mol. The SMILES string of the molecule is O=[N+]([O-])c1ccc(S(=O)(=O)C2CCN(c3nc(Cc4ccc(Cl)cc4)cs3)CC2)cc1. The molecule has 10 heteroatoms. The van der Waals surface area contributed by atoms with Crippen LogP contribution in [-0.4, -0.2) is 36.7 Å². The molecule has 0 amide bonds. The zero-order valence-electron chi connectivity index (χ0n) is 16.5. The van der Waals surface area contributed by atoms with E-state index in [4.69, 9.17) is 16.6 Å². The summed E-state index contributed by atoms with van der Waals surface area (Å²) in [4.78, 5) is 17.2. The van der Waals surface area contributed by atoms with E-state index in [1.165, 1.54) is 24.3 Å². The maximum absolute atomic E-state index is 12.9. The Morgan fingerprint density at radius 1 is 1.10 bits per heavy atom. The third-order valence-electron chi connectivity index (χ3n) is 5.37. The number of aromatic nitrogens is 1. The van der Waals surface area contributed by atoms with E-state index < -0.39 is 20.0 Å². The number of benzene rings is 2. The first-order valence-electron chi connectivity index (χ1n) is 9.75. The highest BCUT2D eigenvalue weighted by Crippen LogP contribution is 2.30. The van der Waals surface area contributed by atoms with Gasteiger partial charge in [-0.2, -0.15) is 0 Å². The van der Waals surface area contributed by atoms with Gasteiger partial charge >= 0.3 is 0 Å². The molecule has 0 unspecified atom stereocenters. The van der Waals surface area contributed by atoms with Crippen LogP contribution in [0.4, 0.5) is 10.8 Å². The van der Waals surface area contributed by atoms with E-state index in [1.54, 1.807) is 11.3 Å². The van der Waals surface area contributed by atoms with Gasteiger partial charge in [0.2, 0.25) is 0 Å². The van der Waals surface area contributed by atoms with Crippen molar-refractivity contribution in [2.24, 2.45) is 0 Å². The Bertz CT molecular complexity index is 1170. The molecule has 2 heterocycles. The smallest absolute Gasteiger partial charge is 0.269 e. The number of rotatable bonds is 6. The molecule has 0 atom stereocenters. The number of nitro groups is 1. The van der Waals surface area contributed by atoms with Gasteiger partial charge in [0, 0.05) is 42.0 Å². The van der Waals surface area contributed by atoms with Gasteiger partial charge in [0.1, 0.15) is 0 Å². The number of halogens is 1. The largest absolute Gasteiger partial charge is 0.348 e. The van der Waals surface area contributed by atoms with Gasteiger partial charge in [0.05, 0.1) is 20.8 Å². The van der Waals surface area contributed by atoms with Crippen molar-refractivity contribution in [1.82, 2.24) is 4.98 Å². The lowest BCUT2D eigenvalue weighted by atomic mass is 10.1. The molecule has 4 rings (SSSR count). The van der Waals surface area contributed by atoms with E-state index in [2.05, 4.69) is 4.90 Å². The lowest BCUT2D eigenvalue weighted by Crippen LogP contribution is -2.39. The van der Waals surface area contributed by atoms with Crippen LogP contribution in [0.1, 0.15) is 24.1 Å². The molecule has 1 aliphatic heterocycles. The van der Waals surface area contributed by atoms with Crippen molar-refractivity contribution >= 4 is 43.6 Å². The summed E-state index contributed by atoms with van der Waals surface area (Å²) in [5, 5.41) is 13.9. The van der Waals surface area contributed by atoms with E-state index >= 15 is 0 Å². The number of sulfone groups is 1. The van der Waals surface area contributed by atoms with Gasteiger partial charge in [-0.15, -0.1) is 11.3 Å². The molecule has 2 aromatic carbocycles. The van der Waals surface area contributed by atoms with Gasteiger partial charge in [-0.25, -0.2) is 13.4 Å². The van der Waals surface area contributed by atoms with Crippen molar-refractivity contribution in [1.29, 1.82) is 0 Å². The van der Waals surface area contributed by atoms with Crippen LogP contribution in [-0.2, 0) is 16.3 Å². The van der Waals surface area contributed by atoms with Crippen molar-refractivity contribution in [2.75, 3.05) is 18.0 Å². The number of nitrogens with zero attached hydrogens (tertiary/aromatic N) is 3. The molecule has 7 nitrogen and oxygen atoms in total. The topological polar surface area (TPSA) is 93.4 Å². The van der Waals surface area contributed by atoms with E-state index in [0.717, 1.165) is 22.8 Å².